The van der Waals surface area contributed by atoms with E-state index < -0.39 is 64.7 Å². The van der Waals surface area contributed by atoms with Gasteiger partial charge in [0.15, 0.2) is 0 Å². The normalized spacial score (nSPS) is 17.6. The number of carbonyl (C=O) groups excluding carboxylic acids is 4. The van der Waals surface area contributed by atoms with Gasteiger partial charge in [0.25, 0.3) is 5.91 Å². The van der Waals surface area contributed by atoms with Crippen LogP contribution in [0.3, 0.4) is 0 Å². The summed E-state index contributed by atoms with van der Waals surface area (Å²) in [5, 5.41) is 10.3. The predicted molar refractivity (Wildman–Crippen MR) is 202 cm³/mol. The van der Waals surface area contributed by atoms with Crippen molar-refractivity contribution in [2.24, 2.45) is 11.8 Å². The fourth-order valence-electron chi connectivity index (χ4n) is 7.05. The average molecular weight is 765 g/mol. The zero-order valence-electron chi connectivity index (χ0n) is 31.6. The summed E-state index contributed by atoms with van der Waals surface area (Å²) in [7, 11) is 1.66. The Morgan fingerprint density at radius 1 is 0.855 bits per heavy atom. The van der Waals surface area contributed by atoms with Gasteiger partial charge < -0.3 is 20.9 Å². The first-order chi connectivity index (χ1) is 26.1. The lowest BCUT2D eigenvalue weighted by atomic mass is 9.78. The molecule has 0 fully saturated rings. The second-order valence-electron chi connectivity index (χ2n) is 14.5. The molecule has 0 radical (unpaired) electrons. The molecule has 0 aliphatic heterocycles. The lowest BCUT2D eigenvalue weighted by molar-refractivity contribution is -0.139. The van der Waals surface area contributed by atoms with Gasteiger partial charge in [-0.1, -0.05) is 89.1 Å². The summed E-state index contributed by atoms with van der Waals surface area (Å²) in [6.45, 7) is 7.26. The number of benzene rings is 3. The van der Waals surface area contributed by atoms with Crippen LogP contribution in [0.5, 0.6) is 0 Å². The number of aromatic amines is 1. The molecule has 3 aromatic carbocycles. The third kappa shape index (κ3) is 9.12. The maximum atomic E-state index is 14.8. The largest absolute Gasteiger partial charge is 0.418 e. The second kappa shape index (κ2) is 17.0. The van der Waals surface area contributed by atoms with Crippen molar-refractivity contribution in [2.45, 2.75) is 90.0 Å². The van der Waals surface area contributed by atoms with Crippen LogP contribution in [0.1, 0.15) is 69.3 Å². The number of anilines is 1. The minimum Gasteiger partial charge on any atom is -0.358 e. The summed E-state index contributed by atoms with van der Waals surface area (Å²) < 4.78 is 56.7. The molecule has 0 spiro atoms. The van der Waals surface area contributed by atoms with Crippen molar-refractivity contribution in [3.63, 3.8) is 0 Å². The molecule has 4 amide bonds. The molecule has 2 unspecified atom stereocenters. The van der Waals surface area contributed by atoms with Gasteiger partial charge in [-0.2, -0.15) is 13.2 Å². The summed E-state index contributed by atoms with van der Waals surface area (Å²) >= 11 is 0. The van der Waals surface area contributed by atoms with Gasteiger partial charge in [0.2, 0.25) is 17.7 Å². The zero-order chi connectivity index (χ0) is 40.1. The molecule has 14 heteroatoms. The number of para-hydroxylation sites is 2. The van der Waals surface area contributed by atoms with Crippen molar-refractivity contribution in [3.8, 4) is 0 Å². The molecule has 0 saturated heterocycles. The summed E-state index contributed by atoms with van der Waals surface area (Å²) in [4.78, 5) is 59.1. The van der Waals surface area contributed by atoms with Crippen LogP contribution in [0.25, 0.3) is 10.9 Å². The Labute approximate surface area is 317 Å². The molecule has 1 aliphatic rings. The quantitative estimate of drug-likeness (QED) is 0.0777. The highest BCUT2D eigenvalue weighted by molar-refractivity contribution is 5.99. The molecule has 294 valence electrons. The Kier molecular flexibility index (Phi) is 12.6. The summed E-state index contributed by atoms with van der Waals surface area (Å²) in [5.41, 5.74) is 1.87. The Morgan fingerprint density at radius 3 is 2.13 bits per heavy atom. The van der Waals surface area contributed by atoms with Crippen molar-refractivity contribution in [1.29, 1.82) is 0 Å². The van der Waals surface area contributed by atoms with Gasteiger partial charge in [0.1, 0.15) is 23.4 Å². The van der Waals surface area contributed by atoms with Gasteiger partial charge in [0.05, 0.1) is 23.2 Å². The SMILES string of the molecule is CCC(C)[C@H](NC(=O)Cc1ccccc1F)C(=O)N[C@]1(C(=O)NC(C(=O)NN(C)c2ccccc2)[C@@H](C)CC)CCc2[nH]c3c(C(F)(F)F)cccc3c2C1. The molecule has 1 aromatic heterocycles. The Balaban J connectivity index is 1.50. The molecule has 1 aliphatic carbocycles. The second-order valence-corrected chi connectivity index (χ2v) is 14.5. The number of halogens is 4. The van der Waals surface area contributed by atoms with E-state index in [9.17, 15) is 36.7 Å². The summed E-state index contributed by atoms with van der Waals surface area (Å²) in [5.74, 6) is -3.88. The minimum absolute atomic E-state index is 0.0269. The Bertz CT molecular complexity index is 2020. The van der Waals surface area contributed by atoms with Gasteiger partial charge in [0, 0.05) is 24.5 Å². The third-order valence-electron chi connectivity index (χ3n) is 10.7. The number of hydrogen-bond donors (Lipinski definition) is 5. The van der Waals surface area contributed by atoms with E-state index in [1.807, 2.05) is 32.0 Å². The van der Waals surface area contributed by atoms with Crippen LogP contribution in [-0.4, -0.2) is 53.3 Å². The number of alkyl halides is 3. The third-order valence-corrected chi connectivity index (χ3v) is 10.7. The number of carbonyl (C=O) groups is 4. The number of aryl methyl sites for hydroxylation is 1. The number of fused-ring (bicyclic) bond motifs is 3. The molecule has 55 heavy (non-hydrogen) atoms. The standard InChI is InChI=1S/C41H48F4N6O4/c1-6-24(3)34(47-33(52)22-26-14-11-12-19-31(26)42)37(53)49-40(21-20-32-29(23-40)28-17-13-18-30(36(28)46-32)41(43,44)45)39(55)48-35(25(4)7-2)38(54)50-51(5)27-15-9-8-10-16-27/h8-19,24-25,34-35,46H,6-7,20-23H2,1-5H3,(H,47,52)(H,48,55)(H,49,53)(H,50,54)/t24?,25-,34-,35?,40+/m0/s1. The van der Waals surface area contributed by atoms with E-state index in [4.69, 9.17) is 0 Å². The van der Waals surface area contributed by atoms with E-state index >= 15 is 0 Å². The van der Waals surface area contributed by atoms with Crippen molar-refractivity contribution >= 4 is 40.2 Å². The number of nitrogens with one attached hydrogen (secondary N) is 5. The van der Waals surface area contributed by atoms with Crippen LogP contribution in [-0.2, 0) is 44.6 Å². The van der Waals surface area contributed by atoms with E-state index in [0.29, 0.717) is 29.8 Å². The predicted octanol–water partition coefficient (Wildman–Crippen LogP) is 6.14. The maximum Gasteiger partial charge on any atom is 0.418 e. The molecule has 0 saturated carbocycles. The first-order valence-electron chi connectivity index (χ1n) is 18.5. The lowest BCUT2D eigenvalue weighted by Crippen LogP contribution is -2.67. The molecule has 5 atom stereocenters. The number of hydrazine groups is 1. The first kappa shape index (κ1) is 40.8. The van der Waals surface area contributed by atoms with Crippen molar-refractivity contribution in [3.05, 3.63) is 101 Å². The summed E-state index contributed by atoms with van der Waals surface area (Å²) in [6, 6.07) is 16.5. The average Bonchev–Trinajstić information content (AvgIpc) is 3.53. The zero-order valence-corrected chi connectivity index (χ0v) is 31.6. The number of aromatic nitrogens is 1. The molecule has 5 N–H and O–H groups in total. The van der Waals surface area contributed by atoms with E-state index in [1.165, 1.54) is 35.3 Å². The molecule has 0 bridgehead atoms. The fraction of sp³-hybridized carbons (Fsp3) is 0.415. The van der Waals surface area contributed by atoms with Gasteiger partial charge in [-0.3, -0.25) is 29.6 Å². The lowest BCUT2D eigenvalue weighted by Gasteiger charge is -2.40. The van der Waals surface area contributed by atoms with E-state index in [2.05, 4.69) is 26.4 Å². The summed E-state index contributed by atoms with van der Waals surface area (Å²) in [6.07, 6.45) is -4.15. The number of nitrogens with zero attached hydrogens (tertiary/aromatic N) is 1. The fourth-order valence-corrected chi connectivity index (χ4v) is 7.05. The van der Waals surface area contributed by atoms with Gasteiger partial charge in [-0.05, 0) is 60.1 Å². The van der Waals surface area contributed by atoms with Crippen LogP contribution in [0, 0.1) is 17.7 Å². The highest BCUT2D eigenvalue weighted by atomic mass is 19.4. The number of rotatable bonds is 14. The highest BCUT2D eigenvalue weighted by Crippen LogP contribution is 2.40. The van der Waals surface area contributed by atoms with Gasteiger partial charge >= 0.3 is 6.18 Å². The van der Waals surface area contributed by atoms with E-state index in [1.54, 1.807) is 39.1 Å². The number of amides is 4. The van der Waals surface area contributed by atoms with E-state index in [-0.39, 0.29) is 48.1 Å². The Morgan fingerprint density at radius 2 is 1.49 bits per heavy atom. The van der Waals surface area contributed by atoms with Crippen molar-refractivity contribution < 1.29 is 36.7 Å². The van der Waals surface area contributed by atoms with E-state index in [0.717, 1.165) is 6.07 Å². The van der Waals surface area contributed by atoms with Crippen molar-refractivity contribution in [1.82, 2.24) is 26.4 Å². The van der Waals surface area contributed by atoms with Gasteiger partial charge in [-0.15, -0.1) is 0 Å². The van der Waals surface area contributed by atoms with Crippen LogP contribution in [0.4, 0.5) is 23.2 Å². The number of H-pyrrole nitrogens is 1. The topological polar surface area (TPSA) is 135 Å². The van der Waals surface area contributed by atoms with Crippen LogP contribution < -0.4 is 26.4 Å². The van der Waals surface area contributed by atoms with Crippen LogP contribution >= 0.6 is 0 Å². The Hall–Kier alpha value is -5.40. The van der Waals surface area contributed by atoms with Crippen LogP contribution in [0.15, 0.2) is 72.8 Å². The first-order valence-corrected chi connectivity index (χ1v) is 18.5. The van der Waals surface area contributed by atoms with Crippen LogP contribution in [0.2, 0.25) is 0 Å². The molecular formula is C41H48F4N6O4. The van der Waals surface area contributed by atoms with Gasteiger partial charge in [-0.25, -0.2) is 4.39 Å². The molecule has 5 rings (SSSR count). The smallest absolute Gasteiger partial charge is 0.358 e. The highest BCUT2D eigenvalue weighted by Gasteiger charge is 2.47. The molecule has 1 heterocycles. The monoisotopic (exact) mass is 764 g/mol. The maximum absolute atomic E-state index is 14.8. The molecular weight excluding hydrogens is 716 g/mol. The van der Waals surface area contributed by atoms with Crippen molar-refractivity contribution in [2.75, 3.05) is 12.1 Å². The molecule has 10 nitrogen and oxygen atoms in total. The number of hydrogen-bond acceptors (Lipinski definition) is 5. The molecule has 4 aromatic rings. The minimum atomic E-state index is -4.65.